The molecule has 234 valence electrons. The van der Waals surface area contributed by atoms with Crippen molar-refractivity contribution >= 4 is 15.2 Å². The van der Waals surface area contributed by atoms with Crippen molar-refractivity contribution in [3.8, 4) is 39.9 Å². The molecule has 0 aromatic heterocycles. The van der Waals surface area contributed by atoms with E-state index >= 15 is 0 Å². The first-order chi connectivity index (χ1) is 20.5. The van der Waals surface area contributed by atoms with Crippen LogP contribution in [0.4, 0.5) is 4.79 Å². The minimum absolute atomic E-state index is 0.304. The molecule has 43 heavy (non-hydrogen) atoms. The van der Waals surface area contributed by atoms with Gasteiger partial charge in [-0.05, 0) is 107 Å². The number of rotatable bonds is 14. The van der Waals surface area contributed by atoms with Crippen molar-refractivity contribution in [2.24, 2.45) is 0 Å². The summed E-state index contributed by atoms with van der Waals surface area (Å²) in [6, 6.07) is 13.8. The second kappa shape index (κ2) is 15.9. The molecule has 0 aliphatic carbocycles. The molecule has 0 aliphatic heterocycles. The largest absolute Gasteiger partial charge is 0.514 e. The van der Waals surface area contributed by atoms with Crippen molar-refractivity contribution in [3.05, 3.63) is 64.7 Å². The third-order valence-corrected chi connectivity index (χ3v) is 7.43. The number of hydrogen-bond donors (Lipinski definition) is 0. The lowest BCUT2D eigenvalue weighted by molar-refractivity contribution is 0.0205. The SMILES string of the molecule is CCCCc1cc(OC)cc(-c2cc(OC)cc(CCCC)c2OC(=O)OC(C)(C)C)c1OPOc1ccc(C)cc1C. The zero-order chi connectivity index (χ0) is 31.6. The number of unbranched alkanes of at least 4 members (excludes halogenated alkanes) is 2. The van der Waals surface area contributed by atoms with Crippen LogP contribution < -0.4 is 23.3 Å². The Hall–Kier alpha value is -3.44. The van der Waals surface area contributed by atoms with E-state index in [2.05, 4.69) is 26.8 Å². The van der Waals surface area contributed by atoms with Crippen LogP contribution in [0.15, 0.2) is 42.5 Å². The highest BCUT2D eigenvalue weighted by atomic mass is 31.1. The molecule has 0 heterocycles. The third-order valence-electron chi connectivity index (χ3n) is 6.84. The van der Waals surface area contributed by atoms with Crippen molar-refractivity contribution in [1.29, 1.82) is 0 Å². The Morgan fingerprint density at radius 3 is 1.84 bits per heavy atom. The maximum atomic E-state index is 13.0. The highest BCUT2D eigenvalue weighted by Crippen LogP contribution is 2.47. The minimum atomic E-state index is -0.770. The van der Waals surface area contributed by atoms with Crippen LogP contribution >= 0.6 is 9.03 Å². The number of hydrogen-bond acceptors (Lipinski definition) is 7. The summed E-state index contributed by atoms with van der Waals surface area (Å²) < 4.78 is 35.6. The van der Waals surface area contributed by atoms with Gasteiger partial charge in [-0.3, -0.25) is 0 Å². The molecule has 0 spiro atoms. The van der Waals surface area contributed by atoms with Gasteiger partial charge in [0.2, 0.25) is 0 Å². The first-order valence-corrected chi connectivity index (χ1v) is 15.8. The Bertz CT molecular complexity index is 1380. The Labute approximate surface area is 259 Å². The van der Waals surface area contributed by atoms with Gasteiger partial charge >= 0.3 is 6.16 Å². The monoisotopic (exact) mass is 610 g/mol. The fourth-order valence-corrected chi connectivity index (χ4v) is 5.36. The van der Waals surface area contributed by atoms with Gasteiger partial charge in [-0.25, -0.2) is 4.79 Å². The topological polar surface area (TPSA) is 72.5 Å². The maximum Gasteiger partial charge on any atom is 0.514 e. The minimum Gasteiger partial charge on any atom is -0.497 e. The molecule has 0 bridgehead atoms. The quantitative estimate of drug-likeness (QED) is 0.102. The lowest BCUT2D eigenvalue weighted by Gasteiger charge is -2.23. The van der Waals surface area contributed by atoms with Crippen molar-refractivity contribution in [3.63, 3.8) is 0 Å². The molecule has 0 radical (unpaired) electrons. The summed E-state index contributed by atoms with van der Waals surface area (Å²) in [5.74, 6) is 3.16. The highest BCUT2D eigenvalue weighted by Gasteiger charge is 2.26. The van der Waals surface area contributed by atoms with Crippen LogP contribution in [-0.4, -0.2) is 26.0 Å². The molecule has 0 saturated heterocycles. The average molecular weight is 611 g/mol. The fourth-order valence-electron chi connectivity index (χ4n) is 4.68. The molecule has 3 aromatic carbocycles. The van der Waals surface area contributed by atoms with E-state index in [0.717, 1.165) is 60.1 Å². The molecule has 0 saturated carbocycles. The van der Waals surface area contributed by atoms with E-state index in [1.807, 2.05) is 64.1 Å². The molecule has 3 aromatic rings. The smallest absolute Gasteiger partial charge is 0.497 e. The van der Waals surface area contributed by atoms with E-state index in [1.54, 1.807) is 14.2 Å². The molecule has 7 nitrogen and oxygen atoms in total. The summed E-state index contributed by atoms with van der Waals surface area (Å²) in [4.78, 5) is 13.0. The highest BCUT2D eigenvalue weighted by molar-refractivity contribution is 7.27. The molecular formula is C35H47O7P. The van der Waals surface area contributed by atoms with E-state index < -0.39 is 11.8 Å². The van der Waals surface area contributed by atoms with Gasteiger partial charge < -0.3 is 28.0 Å². The van der Waals surface area contributed by atoms with Crippen LogP contribution in [0.1, 0.15) is 82.6 Å². The summed E-state index contributed by atoms with van der Waals surface area (Å²) in [5, 5.41) is 0. The van der Waals surface area contributed by atoms with E-state index in [0.29, 0.717) is 35.0 Å². The Morgan fingerprint density at radius 2 is 1.33 bits per heavy atom. The predicted molar refractivity (Wildman–Crippen MR) is 175 cm³/mol. The van der Waals surface area contributed by atoms with Gasteiger partial charge in [-0.1, -0.05) is 44.4 Å². The zero-order valence-electron chi connectivity index (χ0n) is 27.1. The molecule has 0 N–H and O–H groups in total. The first kappa shape index (κ1) is 34.1. The summed E-state index contributed by atoms with van der Waals surface area (Å²) in [6.07, 6.45) is 4.56. The second-order valence-corrected chi connectivity index (χ2v) is 12.2. The maximum absolute atomic E-state index is 13.0. The molecule has 1 unspecified atom stereocenters. The number of methoxy groups -OCH3 is 2. The van der Waals surface area contributed by atoms with Gasteiger partial charge in [0.15, 0.2) is 0 Å². The second-order valence-electron chi connectivity index (χ2n) is 11.7. The summed E-state index contributed by atoms with van der Waals surface area (Å²) in [5.41, 5.74) is 4.70. The van der Waals surface area contributed by atoms with Crippen molar-refractivity contribution in [2.45, 2.75) is 92.6 Å². The van der Waals surface area contributed by atoms with Crippen LogP contribution in [0, 0.1) is 13.8 Å². The molecule has 0 amide bonds. The summed E-state index contributed by atoms with van der Waals surface area (Å²) in [6.45, 7) is 13.8. The third kappa shape index (κ3) is 9.79. The van der Waals surface area contributed by atoms with Gasteiger partial charge in [0.05, 0.1) is 14.2 Å². The number of benzene rings is 3. The average Bonchev–Trinajstić information content (AvgIpc) is 2.95. The molecular weight excluding hydrogens is 563 g/mol. The number of aryl methyl sites for hydroxylation is 4. The lowest BCUT2D eigenvalue weighted by Crippen LogP contribution is -2.26. The normalized spacial score (nSPS) is 11.5. The zero-order valence-corrected chi connectivity index (χ0v) is 28.1. The Balaban J connectivity index is 2.20. The first-order valence-electron chi connectivity index (χ1n) is 15.0. The van der Waals surface area contributed by atoms with E-state index in [-0.39, 0.29) is 9.03 Å². The number of ether oxygens (including phenoxy) is 4. The molecule has 0 fully saturated rings. The predicted octanol–water partition coefficient (Wildman–Crippen LogP) is 9.95. The van der Waals surface area contributed by atoms with Gasteiger partial charge in [0.1, 0.15) is 34.3 Å². The van der Waals surface area contributed by atoms with E-state index in [9.17, 15) is 4.79 Å². The van der Waals surface area contributed by atoms with Crippen LogP contribution in [0.2, 0.25) is 0 Å². The molecule has 3 rings (SSSR count). The van der Waals surface area contributed by atoms with Gasteiger partial charge in [0.25, 0.3) is 9.03 Å². The van der Waals surface area contributed by atoms with E-state index in [4.69, 9.17) is 28.0 Å². The van der Waals surface area contributed by atoms with Crippen molar-refractivity contribution < 1.29 is 32.8 Å². The standard InChI is InChI=1S/C35H47O7P/c1-10-12-14-25-19-27(37-8)21-29(32(25)39-34(36)40-35(5,6)7)30-22-28(38-9)20-26(15-13-11-2)33(30)42-43-41-31-17-16-23(3)18-24(31)4/h16-22,43H,10-15H2,1-9H3. The summed E-state index contributed by atoms with van der Waals surface area (Å²) in [7, 11) is 2.97. The van der Waals surface area contributed by atoms with Crippen molar-refractivity contribution in [1.82, 2.24) is 0 Å². The van der Waals surface area contributed by atoms with Gasteiger partial charge in [-0.2, -0.15) is 0 Å². The Kier molecular flexibility index (Phi) is 12.6. The number of carbonyl (C=O) groups excluding carboxylic acids is 1. The number of carbonyl (C=O) groups is 1. The summed E-state index contributed by atoms with van der Waals surface area (Å²) >= 11 is 0. The van der Waals surface area contributed by atoms with Crippen LogP contribution in [0.3, 0.4) is 0 Å². The molecule has 1 atom stereocenters. The lowest BCUT2D eigenvalue weighted by atomic mass is 9.94. The van der Waals surface area contributed by atoms with Crippen LogP contribution in [0.5, 0.6) is 28.7 Å². The molecule has 8 heteroatoms. The van der Waals surface area contributed by atoms with Crippen molar-refractivity contribution in [2.75, 3.05) is 14.2 Å². The van der Waals surface area contributed by atoms with E-state index in [1.165, 1.54) is 5.56 Å². The van der Waals surface area contributed by atoms with Crippen LogP contribution in [-0.2, 0) is 17.6 Å². The van der Waals surface area contributed by atoms with Crippen LogP contribution in [0.25, 0.3) is 11.1 Å². The van der Waals surface area contributed by atoms with Gasteiger partial charge in [-0.15, -0.1) is 0 Å². The fraction of sp³-hybridized carbons (Fsp3) is 0.457. The Morgan fingerprint density at radius 1 is 0.767 bits per heavy atom. The molecule has 0 aliphatic rings. The van der Waals surface area contributed by atoms with Gasteiger partial charge in [0, 0.05) is 11.1 Å².